The first kappa shape index (κ1) is 42.0. The minimum absolute atomic E-state index is 0.0846. The number of aryl methyl sites for hydroxylation is 1. The van der Waals surface area contributed by atoms with Crippen molar-refractivity contribution < 1.29 is 47.6 Å². The van der Waals surface area contributed by atoms with Gasteiger partial charge in [0, 0.05) is 47.8 Å². The summed E-state index contributed by atoms with van der Waals surface area (Å²) >= 11 is 13.8. The highest BCUT2D eigenvalue weighted by atomic mass is 79.9. The van der Waals surface area contributed by atoms with Crippen LogP contribution in [-0.2, 0) is 28.5 Å². The van der Waals surface area contributed by atoms with E-state index in [-0.39, 0.29) is 26.4 Å². The number of ether oxygens (including phenoxy) is 6. The summed E-state index contributed by atoms with van der Waals surface area (Å²) in [6.45, 7) is 13.9. The molecule has 0 bridgehead atoms. The summed E-state index contributed by atoms with van der Waals surface area (Å²) in [5.74, 6) is -1.30. The van der Waals surface area contributed by atoms with Crippen molar-refractivity contribution in [2.45, 2.75) is 39.9 Å². The van der Waals surface area contributed by atoms with Crippen molar-refractivity contribution in [1.29, 1.82) is 0 Å². The zero-order valence-electron chi connectivity index (χ0n) is 29.1. The Morgan fingerprint density at radius 3 is 1.53 bits per heavy atom. The Bertz CT molecular complexity index is 1960. The third-order valence-electron chi connectivity index (χ3n) is 7.64. The molecule has 0 N–H and O–H groups in total. The van der Waals surface area contributed by atoms with Gasteiger partial charge in [0.2, 0.25) is 0 Å². The Kier molecular flexibility index (Phi) is 15.5. The van der Waals surface area contributed by atoms with Gasteiger partial charge in [-0.3, -0.25) is 0 Å². The molecular formula is C38H35Br3O10S2. The molecule has 280 valence electrons. The average molecular weight is 956 g/mol. The lowest BCUT2D eigenvalue weighted by Crippen LogP contribution is -2.30. The van der Waals surface area contributed by atoms with Gasteiger partial charge in [0.25, 0.3) is 0 Å². The summed E-state index contributed by atoms with van der Waals surface area (Å²) in [4.78, 5) is 49.9. The van der Waals surface area contributed by atoms with Crippen LogP contribution in [0.25, 0.3) is 11.1 Å². The number of carbonyl (C=O) groups excluding carboxylic acids is 4. The predicted octanol–water partition coefficient (Wildman–Crippen LogP) is 9.66. The fraction of sp³-hybridized carbons (Fsp3) is 0.263. The van der Waals surface area contributed by atoms with E-state index in [1.54, 1.807) is 35.0 Å². The quantitative estimate of drug-likeness (QED) is 0.0575. The van der Waals surface area contributed by atoms with Crippen LogP contribution in [-0.4, -0.2) is 62.5 Å². The third-order valence-corrected chi connectivity index (χ3v) is 12.3. The first-order chi connectivity index (χ1) is 25.3. The molecule has 10 nitrogen and oxygen atoms in total. The number of esters is 4. The van der Waals surface area contributed by atoms with E-state index < -0.39 is 36.1 Å². The summed E-state index contributed by atoms with van der Waals surface area (Å²) in [6, 6.07) is 8.74. The fourth-order valence-corrected chi connectivity index (χ4v) is 8.20. The molecule has 0 aliphatic heterocycles. The molecular weight excluding hydrogens is 920 g/mol. The summed E-state index contributed by atoms with van der Waals surface area (Å²) in [5, 5.41) is 3.53. The SMILES string of the molecule is C=CC(=O)OC(COC(=O)c1cccs1)COc1c(C)cc(-c2c(Br)c(C)c(OCC(COC(=O)c3cccs3)OC(=O)C=C)c(C)c2Br)c(Br)c1C. The summed E-state index contributed by atoms with van der Waals surface area (Å²) < 4.78 is 36.3. The highest BCUT2D eigenvalue weighted by Gasteiger charge is 2.26. The van der Waals surface area contributed by atoms with Crippen molar-refractivity contribution in [1.82, 2.24) is 0 Å². The topological polar surface area (TPSA) is 124 Å². The van der Waals surface area contributed by atoms with Crippen LogP contribution in [0.4, 0.5) is 0 Å². The van der Waals surface area contributed by atoms with Gasteiger partial charge in [-0.25, -0.2) is 19.2 Å². The Hall–Kier alpha value is -3.76. The van der Waals surface area contributed by atoms with E-state index >= 15 is 0 Å². The van der Waals surface area contributed by atoms with Gasteiger partial charge in [-0.05, 0) is 116 Å². The Morgan fingerprint density at radius 1 is 0.679 bits per heavy atom. The third kappa shape index (κ3) is 10.7. The van der Waals surface area contributed by atoms with Crippen LogP contribution in [0.5, 0.6) is 11.5 Å². The molecule has 0 saturated carbocycles. The smallest absolute Gasteiger partial charge is 0.348 e. The first-order valence-electron chi connectivity index (χ1n) is 15.9. The van der Waals surface area contributed by atoms with Crippen LogP contribution in [0.2, 0.25) is 0 Å². The molecule has 4 aromatic rings. The zero-order chi connectivity index (χ0) is 38.8. The van der Waals surface area contributed by atoms with Crippen molar-refractivity contribution in [3.63, 3.8) is 0 Å². The molecule has 0 spiro atoms. The maximum atomic E-state index is 12.4. The van der Waals surface area contributed by atoms with Gasteiger partial charge in [-0.15, -0.1) is 22.7 Å². The molecule has 0 saturated heterocycles. The first-order valence-corrected chi connectivity index (χ1v) is 20.0. The fourth-order valence-electron chi connectivity index (χ4n) is 5.03. The van der Waals surface area contributed by atoms with Crippen LogP contribution in [0.1, 0.15) is 41.6 Å². The minimum atomic E-state index is -0.902. The van der Waals surface area contributed by atoms with Gasteiger partial charge >= 0.3 is 23.9 Å². The van der Waals surface area contributed by atoms with Gasteiger partial charge < -0.3 is 28.4 Å². The van der Waals surface area contributed by atoms with E-state index in [4.69, 9.17) is 28.4 Å². The Balaban J connectivity index is 1.55. The molecule has 2 aromatic heterocycles. The van der Waals surface area contributed by atoms with E-state index in [0.29, 0.717) is 21.3 Å². The number of hydrogen-bond donors (Lipinski definition) is 0. The van der Waals surface area contributed by atoms with Gasteiger partial charge in [0.15, 0.2) is 12.2 Å². The normalized spacial score (nSPS) is 11.9. The second-order valence-corrected chi connectivity index (χ2v) is 15.7. The van der Waals surface area contributed by atoms with E-state index in [1.807, 2.05) is 33.8 Å². The molecule has 2 unspecified atom stereocenters. The van der Waals surface area contributed by atoms with Crippen LogP contribution >= 0.6 is 70.5 Å². The molecule has 0 aliphatic rings. The van der Waals surface area contributed by atoms with Crippen molar-refractivity contribution in [3.05, 3.63) is 112 Å². The number of thiophene rings is 2. The lowest BCUT2D eigenvalue weighted by molar-refractivity contribution is -0.147. The highest BCUT2D eigenvalue weighted by Crippen LogP contribution is 2.49. The second-order valence-electron chi connectivity index (χ2n) is 11.4. The highest BCUT2D eigenvalue weighted by molar-refractivity contribution is 9.11. The summed E-state index contributed by atoms with van der Waals surface area (Å²) in [7, 11) is 0. The molecule has 53 heavy (non-hydrogen) atoms. The van der Waals surface area contributed by atoms with Crippen molar-refractivity contribution in [2.24, 2.45) is 0 Å². The zero-order valence-corrected chi connectivity index (χ0v) is 35.5. The molecule has 0 radical (unpaired) electrons. The number of halogens is 3. The largest absolute Gasteiger partial charge is 0.489 e. The molecule has 2 atom stereocenters. The number of rotatable bonds is 17. The van der Waals surface area contributed by atoms with Crippen LogP contribution in [0.3, 0.4) is 0 Å². The van der Waals surface area contributed by atoms with Gasteiger partial charge in [-0.1, -0.05) is 25.3 Å². The van der Waals surface area contributed by atoms with Crippen LogP contribution in [0, 0.1) is 27.7 Å². The van der Waals surface area contributed by atoms with E-state index in [0.717, 1.165) is 59.0 Å². The molecule has 2 aromatic carbocycles. The molecule has 0 amide bonds. The predicted molar refractivity (Wildman–Crippen MR) is 214 cm³/mol. The van der Waals surface area contributed by atoms with E-state index in [1.165, 1.54) is 22.7 Å². The second kappa shape index (κ2) is 19.5. The molecule has 0 aliphatic carbocycles. The molecule has 0 fully saturated rings. The number of hydrogen-bond acceptors (Lipinski definition) is 12. The monoisotopic (exact) mass is 952 g/mol. The van der Waals surface area contributed by atoms with Gasteiger partial charge in [-0.2, -0.15) is 0 Å². The Morgan fingerprint density at radius 2 is 1.11 bits per heavy atom. The lowest BCUT2D eigenvalue weighted by atomic mass is 9.96. The maximum Gasteiger partial charge on any atom is 0.348 e. The number of benzene rings is 2. The van der Waals surface area contributed by atoms with Crippen LogP contribution in [0.15, 0.2) is 79.8 Å². The maximum absolute atomic E-state index is 12.4. The van der Waals surface area contributed by atoms with Crippen LogP contribution < -0.4 is 9.47 Å². The van der Waals surface area contributed by atoms with E-state index in [9.17, 15) is 19.2 Å². The van der Waals surface area contributed by atoms with E-state index in [2.05, 4.69) is 60.9 Å². The minimum Gasteiger partial charge on any atom is -0.489 e. The van der Waals surface area contributed by atoms with Gasteiger partial charge in [0.1, 0.15) is 47.7 Å². The van der Waals surface area contributed by atoms with Gasteiger partial charge in [0.05, 0.1) is 0 Å². The Labute approximate surface area is 340 Å². The summed E-state index contributed by atoms with van der Waals surface area (Å²) in [6.07, 6.45) is 0.271. The van der Waals surface area contributed by atoms with Crippen molar-refractivity contribution in [3.8, 4) is 22.6 Å². The molecule has 4 rings (SSSR count). The average Bonchev–Trinajstić information content (AvgIpc) is 3.89. The summed E-state index contributed by atoms with van der Waals surface area (Å²) in [5.41, 5.74) is 4.82. The number of carbonyl (C=O) groups is 4. The van der Waals surface area contributed by atoms with Crippen molar-refractivity contribution >= 4 is 94.3 Å². The van der Waals surface area contributed by atoms with Crippen molar-refractivity contribution in [2.75, 3.05) is 26.4 Å². The molecule has 2 heterocycles. The molecule has 15 heteroatoms. The standard InChI is InChI=1S/C38H35Br3O10S2/c1-7-29(42)50-24(18-48-37(44)27-11-9-13-52-27)16-46-35-20(3)15-26(32(39)21(35)4)31-33(40)22(5)36(23(6)34(31)41)47-17-25(51-30(43)8-2)19-49-38(45)28-12-10-14-53-28/h7-15,24-25H,1-2,16-19H2,3-6H3. The lowest BCUT2D eigenvalue weighted by Gasteiger charge is -2.24.